The lowest BCUT2D eigenvalue weighted by molar-refractivity contribution is 1.23. The lowest BCUT2D eigenvalue weighted by Crippen LogP contribution is -2.65. The summed E-state index contributed by atoms with van der Waals surface area (Å²) in [6, 6.07) is 87.2. The quantitative estimate of drug-likeness (QED) is 0.154. The number of hydrogen-bond acceptors (Lipinski definition) is 4. The van der Waals surface area contributed by atoms with Gasteiger partial charge in [0.15, 0.2) is 0 Å². The van der Waals surface area contributed by atoms with Crippen LogP contribution in [0, 0.1) is 41.5 Å². The van der Waals surface area contributed by atoms with Crippen molar-refractivity contribution in [1.82, 2.24) is 0 Å². The van der Waals surface area contributed by atoms with Gasteiger partial charge in [-0.3, -0.25) is 0 Å². The van der Waals surface area contributed by atoms with Crippen LogP contribution < -0.4 is 52.4 Å². The number of benzene rings is 11. The van der Waals surface area contributed by atoms with Gasteiger partial charge in [-0.05, 0) is 210 Å². The van der Waals surface area contributed by atoms with E-state index in [-0.39, 0.29) is 13.4 Å². The first-order chi connectivity index (χ1) is 38.2. The third kappa shape index (κ3) is 6.88. The van der Waals surface area contributed by atoms with Crippen molar-refractivity contribution in [3.8, 4) is 22.3 Å². The average molecular weight is 999 g/mol. The Kier molecular flexibility index (Phi) is 10.4. The minimum Gasteiger partial charge on any atom is -0.311 e. The Morgan fingerprint density at radius 3 is 0.846 bits per heavy atom. The van der Waals surface area contributed by atoms with E-state index in [4.69, 9.17) is 0 Å². The van der Waals surface area contributed by atoms with Crippen LogP contribution >= 0.6 is 0 Å². The zero-order valence-electron chi connectivity index (χ0n) is 44.9. The van der Waals surface area contributed by atoms with E-state index in [0.717, 1.165) is 22.7 Å². The molecule has 370 valence electrons. The molecule has 6 heteroatoms. The zero-order chi connectivity index (χ0) is 52.5. The highest BCUT2D eigenvalue weighted by Crippen LogP contribution is 2.51. The molecule has 0 fully saturated rings. The molecule has 0 unspecified atom stereocenters. The summed E-state index contributed by atoms with van der Waals surface area (Å²) in [5.41, 5.74) is 34.6. The first-order valence-corrected chi connectivity index (χ1v) is 27.5. The topological polar surface area (TPSA) is 13.0 Å². The van der Waals surface area contributed by atoms with E-state index < -0.39 is 0 Å². The second kappa shape index (κ2) is 17.7. The van der Waals surface area contributed by atoms with Gasteiger partial charge in [-0.2, -0.15) is 0 Å². The number of rotatable bonds is 6. The van der Waals surface area contributed by atoms with Crippen molar-refractivity contribution in [1.29, 1.82) is 0 Å². The Hall–Kier alpha value is -9.25. The summed E-state index contributed by atoms with van der Waals surface area (Å²) in [6.07, 6.45) is 0. The molecule has 78 heavy (non-hydrogen) atoms. The number of fused-ring (bicyclic) bond motifs is 8. The van der Waals surface area contributed by atoms with Crippen LogP contribution in [0.2, 0.25) is 0 Å². The van der Waals surface area contributed by atoms with E-state index in [2.05, 4.69) is 292 Å². The number of aryl methyl sites for hydroxylation is 6. The Morgan fingerprint density at radius 1 is 0.244 bits per heavy atom. The van der Waals surface area contributed by atoms with E-state index in [0.29, 0.717) is 0 Å². The van der Waals surface area contributed by atoms with Crippen LogP contribution in [0.4, 0.5) is 68.2 Å². The summed E-state index contributed by atoms with van der Waals surface area (Å²) in [5.74, 6) is 0. The monoisotopic (exact) mass is 998 g/mol. The summed E-state index contributed by atoms with van der Waals surface area (Å²) in [7, 11) is 0. The second-order valence-electron chi connectivity index (χ2n) is 22.0. The lowest BCUT2D eigenvalue weighted by Gasteiger charge is -2.47. The second-order valence-corrected chi connectivity index (χ2v) is 22.0. The molecule has 0 amide bonds. The molecule has 0 aromatic heterocycles. The Balaban J connectivity index is 1.08. The minimum atomic E-state index is -0.0822. The number of hydrogen-bond donors (Lipinski definition) is 0. The molecule has 4 aliphatic rings. The normalized spacial score (nSPS) is 13.4. The van der Waals surface area contributed by atoms with Crippen molar-refractivity contribution in [3.63, 3.8) is 0 Å². The fourth-order valence-electron chi connectivity index (χ4n) is 14.4. The van der Waals surface area contributed by atoms with Crippen molar-refractivity contribution in [3.05, 3.63) is 264 Å². The molecule has 0 radical (unpaired) electrons. The molecular formula is C72H56B2N4. The molecule has 4 heterocycles. The van der Waals surface area contributed by atoms with Crippen molar-refractivity contribution in [2.45, 2.75) is 41.5 Å². The predicted octanol–water partition coefficient (Wildman–Crippen LogP) is 15.0. The van der Waals surface area contributed by atoms with Gasteiger partial charge in [-0.15, -0.1) is 0 Å². The van der Waals surface area contributed by atoms with Gasteiger partial charge >= 0.3 is 0 Å². The standard InChI is InChI=1S/C72H56B2N4/c1-45-35-47(3)69(48(4)36-45)51-39-65-71-67(41-51)77(55-27-15-9-16-28-55)63-44-64-60(43-59(63)73(71)57-31-19-21-33-61(57)75(65)53-23-11-7-12-24-53)74-58-32-20-22-34-62(58)76(54-25-13-8-14-26-54)66-40-52(70-49(5)37-46(2)38-50(70)6)42-68(72(66)74)78(64)56-29-17-10-18-30-56/h7-44H,1-6H3. The van der Waals surface area contributed by atoms with E-state index in [1.54, 1.807) is 0 Å². The van der Waals surface area contributed by atoms with Gasteiger partial charge in [-0.25, -0.2) is 0 Å². The minimum absolute atomic E-state index is 0.0822. The van der Waals surface area contributed by atoms with Crippen LogP contribution in [-0.4, -0.2) is 13.4 Å². The largest absolute Gasteiger partial charge is 0.311 e. The van der Waals surface area contributed by atoms with Crippen LogP contribution in [0.1, 0.15) is 33.4 Å². The maximum absolute atomic E-state index is 2.64. The average Bonchev–Trinajstić information content (AvgIpc) is 2.78. The van der Waals surface area contributed by atoms with Gasteiger partial charge in [0.1, 0.15) is 0 Å². The van der Waals surface area contributed by atoms with Crippen LogP contribution in [0.25, 0.3) is 22.3 Å². The third-order valence-electron chi connectivity index (χ3n) is 17.1. The Morgan fingerprint density at radius 2 is 0.526 bits per heavy atom. The fourth-order valence-corrected chi connectivity index (χ4v) is 14.4. The molecule has 15 rings (SSSR count). The van der Waals surface area contributed by atoms with E-state index in [1.165, 1.54) is 134 Å². The van der Waals surface area contributed by atoms with Crippen LogP contribution in [0.3, 0.4) is 0 Å². The summed E-state index contributed by atoms with van der Waals surface area (Å²) < 4.78 is 0. The number of anilines is 12. The number of para-hydroxylation sites is 6. The van der Waals surface area contributed by atoms with Gasteiger partial charge in [0, 0.05) is 68.2 Å². The summed E-state index contributed by atoms with van der Waals surface area (Å²) in [5, 5.41) is 0. The molecule has 0 bridgehead atoms. The smallest absolute Gasteiger partial charge is 0.252 e. The van der Waals surface area contributed by atoms with Gasteiger partial charge < -0.3 is 19.6 Å². The van der Waals surface area contributed by atoms with Crippen LogP contribution in [0.5, 0.6) is 0 Å². The lowest BCUT2D eigenvalue weighted by atomic mass is 9.30. The van der Waals surface area contributed by atoms with Gasteiger partial charge in [0.25, 0.3) is 13.4 Å². The first kappa shape index (κ1) is 46.1. The van der Waals surface area contributed by atoms with Gasteiger partial charge in [-0.1, -0.05) is 151 Å². The fraction of sp³-hybridized carbons (Fsp3) is 0.0833. The molecule has 0 atom stereocenters. The van der Waals surface area contributed by atoms with Crippen molar-refractivity contribution in [2.75, 3.05) is 19.6 Å². The maximum Gasteiger partial charge on any atom is 0.252 e. The Labute approximate surface area is 459 Å². The van der Waals surface area contributed by atoms with Crippen LogP contribution in [0.15, 0.2) is 231 Å². The molecule has 0 N–H and O–H groups in total. The Bertz CT molecular complexity index is 3940. The predicted molar refractivity (Wildman–Crippen MR) is 334 cm³/mol. The summed E-state index contributed by atoms with van der Waals surface area (Å²) >= 11 is 0. The highest BCUT2D eigenvalue weighted by molar-refractivity contribution is 7.03. The molecular weight excluding hydrogens is 942 g/mol. The molecule has 0 saturated carbocycles. The van der Waals surface area contributed by atoms with Crippen molar-refractivity contribution >= 4 is 114 Å². The molecule has 0 spiro atoms. The first-order valence-electron chi connectivity index (χ1n) is 27.5. The van der Waals surface area contributed by atoms with Gasteiger partial charge in [0.05, 0.1) is 0 Å². The molecule has 11 aromatic rings. The van der Waals surface area contributed by atoms with E-state index in [9.17, 15) is 0 Å². The SMILES string of the molecule is Cc1cc(C)c(-c2cc3c4c(c2)N(c2ccccc2)c2cc5c(cc2B4c2ccccc2N3c2ccccc2)B2c3ccccc3N(c3ccccc3)c3cc(-c4c(C)cc(C)cc4C)cc(c32)N5c2ccccc2)c(C)c1. The maximum atomic E-state index is 2.64. The highest BCUT2D eigenvalue weighted by atomic mass is 15.2. The molecule has 4 aliphatic heterocycles. The van der Waals surface area contributed by atoms with E-state index >= 15 is 0 Å². The highest BCUT2D eigenvalue weighted by Gasteiger charge is 2.48. The molecule has 0 saturated heterocycles. The molecule has 11 aromatic carbocycles. The third-order valence-corrected chi connectivity index (χ3v) is 17.1. The molecule has 0 aliphatic carbocycles. The van der Waals surface area contributed by atoms with Crippen molar-refractivity contribution in [2.24, 2.45) is 0 Å². The van der Waals surface area contributed by atoms with Crippen molar-refractivity contribution < 1.29 is 0 Å². The number of nitrogens with zero attached hydrogens (tertiary/aromatic N) is 4. The summed E-state index contributed by atoms with van der Waals surface area (Å²) in [4.78, 5) is 10.2. The van der Waals surface area contributed by atoms with E-state index in [1.807, 2.05) is 0 Å². The van der Waals surface area contributed by atoms with Crippen LogP contribution in [-0.2, 0) is 0 Å². The molecule has 4 nitrogen and oxygen atoms in total. The zero-order valence-corrected chi connectivity index (χ0v) is 44.9. The summed E-state index contributed by atoms with van der Waals surface area (Å²) in [6.45, 7) is 13.4. The van der Waals surface area contributed by atoms with Gasteiger partial charge in [0.2, 0.25) is 0 Å².